The van der Waals surface area contributed by atoms with Crippen molar-refractivity contribution in [3.63, 3.8) is 0 Å². The zero-order valence-corrected chi connectivity index (χ0v) is 18.9. The number of carbonyl (C=O) groups excluding carboxylic acids is 2. The van der Waals surface area contributed by atoms with E-state index in [0.29, 0.717) is 27.1 Å². The van der Waals surface area contributed by atoms with Gasteiger partial charge in [-0.15, -0.1) is 11.3 Å². The van der Waals surface area contributed by atoms with Crippen LogP contribution in [0.25, 0.3) is 11.1 Å². The first-order valence-corrected chi connectivity index (χ1v) is 10.6. The number of nitro benzene ring substituents is 2. The summed E-state index contributed by atoms with van der Waals surface area (Å²) in [6, 6.07) is 9.44. The average Bonchev–Trinajstić information content (AvgIpc) is 3.09. The standard InChI is InChI=1S/C21H16ClN3O7S/c1-3-32-21(27)18-17(12-4-6-13(22)7-5-12)11(2)33-20(18)23-19(26)15-9-8-14(24(28)29)10-16(15)25(30)31/h4-10H,3H2,1-2H3,(H,23,26). The van der Waals surface area contributed by atoms with Crippen molar-refractivity contribution in [1.82, 2.24) is 0 Å². The van der Waals surface area contributed by atoms with E-state index in [2.05, 4.69) is 5.32 Å². The monoisotopic (exact) mass is 489 g/mol. The van der Waals surface area contributed by atoms with Crippen LogP contribution in [0.2, 0.25) is 5.02 Å². The molecule has 0 saturated carbocycles. The van der Waals surface area contributed by atoms with Gasteiger partial charge in [-0.1, -0.05) is 23.7 Å². The third kappa shape index (κ3) is 4.99. The van der Waals surface area contributed by atoms with E-state index in [1.807, 2.05) is 0 Å². The number of rotatable bonds is 7. The molecule has 1 heterocycles. The molecule has 12 heteroatoms. The molecule has 0 atom stereocenters. The first kappa shape index (κ1) is 23.8. The van der Waals surface area contributed by atoms with Gasteiger partial charge in [0, 0.05) is 21.5 Å². The van der Waals surface area contributed by atoms with E-state index in [4.69, 9.17) is 16.3 Å². The molecule has 0 spiro atoms. The van der Waals surface area contributed by atoms with Crippen LogP contribution in [0.3, 0.4) is 0 Å². The fraction of sp³-hybridized carbons (Fsp3) is 0.143. The van der Waals surface area contributed by atoms with E-state index in [-0.39, 0.29) is 22.7 Å². The van der Waals surface area contributed by atoms with E-state index in [1.54, 1.807) is 38.1 Å². The van der Waals surface area contributed by atoms with Crippen molar-refractivity contribution in [2.45, 2.75) is 13.8 Å². The van der Waals surface area contributed by atoms with Gasteiger partial charge in [0.2, 0.25) is 0 Å². The highest BCUT2D eigenvalue weighted by Gasteiger charge is 2.29. The molecule has 0 radical (unpaired) electrons. The van der Waals surface area contributed by atoms with Crippen molar-refractivity contribution in [2.75, 3.05) is 11.9 Å². The molecule has 0 aliphatic heterocycles. The van der Waals surface area contributed by atoms with E-state index < -0.39 is 33.1 Å². The maximum atomic E-state index is 12.9. The van der Waals surface area contributed by atoms with Gasteiger partial charge in [-0.25, -0.2) is 4.79 Å². The van der Waals surface area contributed by atoms with Crippen LogP contribution in [0.4, 0.5) is 16.4 Å². The van der Waals surface area contributed by atoms with E-state index in [9.17, 15) is 29.8 Å². The summed E-state index contributed by atoms with van der Waals surface area (Å²) in [5.74, 6) is -1.58. The number of esters is 1. The molecule has 3 aromatic rings. The second kappa shape index (κ2) is 9.76. The molecular formula is C21H16ClN3O7S. The Labute approximate surface area is 196 Å². The number of benzene rings is 2. The van der Waals surface area contributed by atoms with Gasteiger partial charge in [0.05, 0.1) is 22.5 Å². The minimum absolute atomic E-state index is 0.0923. The molecule has 1 N–H and O–H groups in total. The smallest absolute Gasteiger partial charge is 0.341 e. The third-order valence-electron chi connectivity index (χ3n) is 4.56. The Kier molecular flexibility index (Phi) is 7.04. The van der Waals surface area contributed by atoms with Crippen LogP contribution in [0.5, 0.6) is 0 Å². The summed E-state index contributed by atoms with van der Waals surface area (Å²) in [5, 5.41) is 25.5. The van der Waals surface area contributed by atoms with Crippen molar-refractivity contribution in [3.05, 3.63) is 83.7 Å². The van der Waals surface area contributed by atoms with Crippen LogP contribution in [0.15, 0.2) is 42.5 Å². The van der Waals surface area contributed by atoms with Crippen molar-refractivity contribution in [2.24, 2.45) is 0 Å². The van der Waals surface area contributed by atoms with Crippen LogP contribution < -0.4 is 5.32 Å². The zero-order valence-electron chi connectivity index (χ0n) is 17.3. The Morgan fingerprint density at radius 1 is 1.09 bits per heavy atom. The minimum Gasteiger partial charge on any atom is -0.462 e. The molecule has 2 aromatic carbocycles. The predicted octanol–water partition coefficient (Wildman–Crippen LogP) is 5.62. The second-order valence-electron chi connectivity index (χ2n) is 6.63. The van der Waals surface area contributed by atoms with E-state index in [0.717, 1.165) is 23.5 Å². The number of carbonyl (C=O) groups is 2. The van der Waals surface area contributed by atoms with Crippen molar-refractivity contribution < 1.29 is 24.2 Å². The van der Waals surface area contributed by atoms with E-state index >= 15 is 0 Å². The van der Waals surface area contributed by atoms with Crippen LogP contribution in [0, 0.1) is 27.2 Å². The van der Waals surface area contributed by atoms with Crippen LogP contribution in [-0.2, 0) is 4.74 Å². The normalized spacial score (nSPS) is 10.5. The molecule has 0 fully saturated rings. The summed E-state index contributed by atoms with van der Waals surface area (Å²) in [7, 11) is 0. The Morgan fingerprint density at radius 3 is 2.33 bits per heavy atom. The number of amides is 1. The molecule has 0 aliphatic rings. The maximum Gasteiger partial charge on any atom is 0.341 e. The van der Waals surface area contributed by atoms with Crippen molar-refractivity contribution >= 4 is 51.2 Å². The number of hydrogen-bond donors (Lipinski definition) is 1. The highest BCUT2D eigenvalue weighted by atomic mass is 35.5. The van der Waals surface area contributed by atoms with Gasteiger partial charge in [-0.3, -0.25) is 25.0 Å². The fourth-order valence-corrected chi connectivity index (χ4v) is 4.33. The lowest BCUT2D eigenvalue weighted by atomic mass is 10.0. The Balaban J connectivity index is 2.09. The number of non-ortho nitro benzene ring substituents is 1. The Hall–Kier alpha value is -3.83. The highest BCUT2D eigenvalue weighted by Crippen LogP contribution is 2.41. The van der Waals surface area contributed by atoms with Crippen LogP contribution >= 0.6 is 22.9 Å². The summed E-state index contributed by atoms with van der Waals surface area (Å²) in [5.41, 5.74) is -0.353. The molecule has 0 aliphatic carbocycles. The number of nitro groups is 2. The molecule has 10 nitrogen and oxygen atoms in total. The molecule has 0 unspecified atom stereocenters. The predicted molar refractivity (Wildman–Crippen MR) is 123 cm³/mol. The quantitative estimate of drug-likeness (QED) is 0.257. The molecule has 170 valence electrons. The van der Waals surface area contributed by atoms with Crippen LogP contribution in [0.1, 0.15) is 32.5 Å². The van der Waals surface area contributed by atoms with Crippen LogP contribution in [-0.4, -0.2) is 28.3 Å². The van der Waals surface area contributed by atoms with Gasteiger partial charge in [0.1, 0.15) is 16.1 Å². The molecule has 3 rings (SSSR count). The number of hydrogen-bond acceptors (Lipinski definition) is 8. The molecule has 0 saturated heterocycles. The Morgan fingerprint density at radius 2 is 1.76 bits per heavy atom. The average molecular weight is 490 g/mol. The van der Waals surface area contributed by atoms with Crippen molar-refractivity contribution in [1.29, 1.82) is 0 Å². The molecule has 0 bridgehead atoms. The van der Waals surface area contributed by atoms with Gasteiger partial charge in [0.15, 0.2) is 0 Å². The van der Waals surface area contributed by atoms with Crippen molar-refractivity contribution in [3.8, 4) is 11.1 Å². The number of nitrogens with zero attached hydrogens (tertiary/aromatic N) is 2. The summed E-state index contributed by atoms with van der Waals surface area (Å²) >= 11 is 7.06. The first-order chi connectivity index (χ1) is 15.6. The number of anilines is 1. The minimum atomic E-state index is -0.897. The number of aryl methyl sites for hydroxylation is 1. The molecule has 1 amide bonds. The SMILES string of the molecule is CCOC(=O)c1c(NC(=O)c2ccc([N+](=O)[O-])cc2[N+](=O)[O-])sc(C)c1-c1ccc(Cl)cc1. The Bertz CT molecular complexity index is 1270. The number of nitrogens with one attached hydrogen (secondary N) is 1. The fourth-order valence-electron chi connectivity index (χ4n) is 3.14. The summed E-state index contributed by atoms with van der Waals surface area (Å²) in [6.45, 7) is 3.48. The number of halogens is 1. The second-order valence-corrected chi connectivity index (χ2v) is 8.30. The lowest BCUT2D eigenvalue weighted by Gasteiger charge is -2.09. The molecule has 33 heavy (non-hydrogen) atoms. The maximum absolute atomic E-state index is 12.9. The largest absolute Gasteiger partial charge is 0.462 e. The van der Waals surface area contributed by atoms with Gasteiger partial charge in [-0.05, 0) is 37.6 Å². The number of ether oxygens (including phenoxy) is 1. The highest BCUT2D eigenvalue weighted by molar-refractivity contribution is 7.17. The summed E-state index contributed by atoms with van der Waals surface area (Å²) < 4.78 is 5.17. The van der Waals surface area contributed by atoms with Gasteiger partial charge >= 0.3 is 5.97 Å². The van der Waals surface area contributed by atoms with E-state index in [1.165, 1.54) is 0 Å². The first-order valence-electron chi connectivity index (χ1n) is 9.44. The molecule has 1 aromatic heterocycles. The number of thiophene rings is 1. The summed E-state index contributed by atoms with van der Waals surface area (Å²) in [6.07, 6.45) is 0. The van der Waals surface area contributed by atoms with Gasteiger partial charge in [-0.2, -0.15) is 0 Å². The summed E-state index contributed by atoms with van der Waals surface area (Å²) in [4.78, 5) is 47.0. The topological polar surface area (TPSA) is 142 Å². The molecular weight excluding hydrogens is 474 g/mol. The third-order valence-corrected chi connectivity index (χ3v) is 5.83. The van der Waals surface area contributed by atoms with Gasteiger partial charge in [0.25, 0.3) is 17.3 Å². The van der Waals surface area contributed by atoms with Gasteiger partial charge < -0.3 is 10.1 Å². The lowest BCUT2D eigenvalue weighted by molar-refractivity contribution is -0.394. The lowest BCUT2D eigenvalue weighted by Crippen LogP contribution is -2.16. The zero-order chi connectivity index (χ0) is 24.3.